The van der Waals surface area contributed by atoms with Gasteiger partial charge in [-0.15, -0.1) is 0 Å². The molecule has 0 aromatic carbocycles. The van der Waals surface area contributed by atoms with Crippen LogP contribution in [0.3, 0.4) is 0 Å². The number of hydrogen-bond acceptors (Lipinski definition) is 3. The van der Waals surface area contributed by atoms with E-state index in [0.29, 0.717) is 18.8 Å². The summed E-state index contributed by atoms with van der Waals surface area (Å²) < 4.78 is 0. The van der Waals surface area contributed by atoms with Gasteiger partial charge in [0, 0.05) is 13.1 Å². The van der Waals surface area contributed by atoms with Crippen LogP contribution >= 0.6 is 0 Å². The SMILES string of the molecule is CC1CC(C(=O)O)C(C(=O)N(C)C2CCNCC2)C1. The molecule has 1 amide bonds. The van der Waals surface area contributed by atoms with Crippen LogP contribution in [-0.2, 0) is 9.59 Å². The largest absolute Gasteiger partial charge is 0.481 e. The Labute approximate surface area is 114 Å². The van der Waals surface area contributed by atoms with E-state index in [4.69, 9.17) is 0 Å². The maximum atomic E-state index is 12.5. The van der Waals surface area contributed by atoms with Crippen LogP contribution in [0.25, 0.3) is 0 Å². The van der Waals surface area contributed by atoms with E-state index >= 15 is 0 Å². The quantitative estimate of drug-likeness (QED) is 0.799. The average molecular weight is 268 g/mol. The highest BCUT2D eigenvalue weighted by atomic mass is 16.4. The number of nitrogens with zero attached hydrogens (tertiary/aromatic N) is 1. The number of carboxylic acid groups (broad SMARTS) is 1. The summed E-state index contributed by atoms with van der Waals surface area (Å²) in [5.41, 5.74) is 0. The molecule has 19 heavy (non-hydrogen) atoms. The standard InChI is InChI=1S/C14H24N2O3/c1-9-7-11(12(8-9)14(18)19)13(17)16(2)10-3-5-15-6-4-10/h9-12,15H,3-8H2,1-2H3,(H,18,19). The molecule has 1 saturated heterocycles. The van der Waals surface area contributed by atoms with Crippen molar-refractivity contribution in [2.45, 2.75) is 38.6 Å². The van der Waals surface area contributed by atoms with Crippen molar-refractivity contribution in [3.63, 3.8) is 0 Å². The zero-order valence-corrected chi connectivity index (χ0v) is 11.8. The Morgan fingerprint density at radius 2 is 1.74 bits per heavy atom. The molecule has 0 aromatic heterocycles. The lowest BCUT2D eigenvalue weighted by Gasteiger charge is -2.34. The fraction of sp³-hybridized carbons (Fsp3) is 0.857. The van der Waals surface area contributed by atoms with Crippen LogP contribution in [0.15, 0.2) is 0 Å². The van der Waals surface area contributed by atoms with Gasteiger partial charge in [-0.05, 0) is 44.7 Å². The summed E-state index contributed by atoms with van der Waals surface area (Å²) >= 11 is 0. The van der Waals surface area contributed by atoms with Crippen LogP contribution in [0.1, 0.15) is 32.6 Å². The van der Waals surface area contributed by atoms with Crippen molar-refractivity contribution in [2.75, 3.05) is 20.1 Å². The zero-order valence-electron chi connectivity index (χ0n) is 11.8. The van der Waals surface area contributed by atoms with Gasteiger partial charge < -0.3 is 15.3 Å². The first-order valence-electron chi connectivity index (χ1n) is 7.21. The van der Waals surface area contributed by atoms with Gasteiger partial charge in [0.2, 0.25) is 5.91 Å². The molecule has 1 heterocycles. The van der Waals surface area contributed by atoms with E-state index in [1.165, 1.54) is 0 Å². The van der Waals surface area contributed by atoms with E-state index in [1.807, 2.05) is 14.0 Å². The summed E-state index contributed by atoms with van der Waals surface area (Å²) in [5.74, 6) is -1.28. The number of piperidine rings is 1. The maximum Gasteiger partial charge on any atom is 0.307 e. The van der Waals surface area contributed by atoms with Crippen LogP contribution < -0.4 is 5.32 Å². The van der Waals surface area contributed by atoms with Crippen molar-refractivity contribution in [2.24, 2.45) is 17.8 Å². The van der Waals surface area contributed by atoms with Crippen molar-refractivity contribution in [1.82, 2.24) is 10.2 Å². The number of aliphatic carboxylic acids is 1. The molecule has 0 spiro atoms. The van der Waals surface area contributed by atoms with Gasteiger partial charge >= 0.3 is 5.97 Å². The van der Waals surface area contributed by atoms with Crippen LogP contribution in [0.2, 0.25) is 0 Å². The highest BCUT2D eigenvalue weighted by Gasteiger charge is 2.43. The minimum absolute atomic E-state index is 0.0312. The zero-order chi connectivity index (χ0) is 14.0. The van der Waals surface area contributed by atoms with Gasteiger partial charge in [0.25, 0.3) is 0 Å². The average Bonchev–Trinajstić information content (AvgIpc) is 2.80. The molecule has 1 aliphatic carbocycles. The molecule has 1 aliphatic heterocycles. The lowest BCUT2D eigenvalue weighted by Crippen LogP contribution is -2.47. The Morgan fingerprint density at radius 3 is 2.32 bits per heavy atom. The second-order valence-electron chi connectivity index (χ2n) is 6.06. The molecule has 5 nitrogen and oxygen atoms in total. The van der Waals surface area contributed by atoms with E-state index in [1.54, 1.807) is 4.90 Å². The molecule has 2 rings (SSSR count). The fourth-order valence-electron chi connectivity index (χ4n) is 3.47. The number of nitrogens with one attached hydrogen (secondary N) is 1. The predicted molar refractivity (Wildman–Crippen MR) is 71.7 cm³/mol. The smallest absolute Gasteiger partial charge is 0.307 e. The number of hydrogen-bond donors (Lipinski definition) is 2. The summed E-state index contributed by atoms with van der Waals surface area (Å²) in [6.07, 6.45) is 3.27. The minimum Gasteiger partial charge on any atom is -0.481 e. The second kappa shape index (κ2) is 5.90. The Hall–Kier alpha value is -1.10. The molecule has 2 aliphatic rings. The van der Waals surface area contributed by atoms with Gasteiger partial charge in [0.1, 0.15) is 0 Å². The van der Waals surface area contributed by atoms with E-state index in [-0.39, 0.29) is 17.9 Å². The monoisotopic (exact) mass is 268 g/mol. The summed E-state index contributed by atoms with van der Waals surface area (Å²) in [5, 5.41) is 12.5. The Bertz CT molecular complexity index is 353. The third-order valence-electron chi connectivity index (χ3n) is 4.64. The van der Waals surface area contributed by atoms with Gasteiger partial charge in [0.15, 0.2) is 0 Å². The third kappa shape index (κ3) is 3.08. The minimum atomic E-state index is -0.818. The van der Waals surface area contributed by atoms with Crippen molar-refractivity contribution in [3.05, 3.63) is 0 Å². The first-order valence-corrected chi connectivity index (χ1v) is 7.21. The fourth-order valence-corrected chi connectivity index (χ4v) is 3.47. The first-order chi connectivity index (χ1) is 9.00. The number of rotatable bonds is 3. The highest BCUT2D eigenvalue weighted by molar-refractivity contribution is 5.85. The van der Waals surface area contributed by atoms with Crippen LogP contribution in [0.4, 0.5) is 0 Å². The molecule has 2 fully saturated rings. The molecule has 1 saturated carbocycles. The topological polar surface area (TPSA) is 69.6 Å². The number of amides is 1. The molecule has 5 heteroatoms. The van der Waals surface area contributed by atoms with Gasteiger partial charge in [-0.25, -0.2) is 0 Å². The van der Waals surface area contributed by atoms with E-state index in [9.17, 15) is 14.7 Å². The maximum absolute atomic E-state index is 12.5. The molecule has 2 N–H and O–H groups in total. The van der Waals surface area contributed by atoms with Gasteiger partial charge in [0.05, 0.1) is 11.8 Å². The molecule has 0 bridgehead atoms. The number of carbonyl (C=O) groups excluding carboxylic acids is 1. The number of carboxylic acids is 1. The van der Waals surface area contributed by atoms with Crippen LogP contribution in [0.5, 0.6) is 0 Å². The van der Waals surface area contributed by atoms with Crippen molar-refractivity contribution >= 4 is 11.9 Å². The van der Waals surface area contributed by atoms with E-state index in [2.05, 4.69) is 5.32 Å². The molecule has 0 radical (unpaired) electrons. The molecule has 3 unspecified atom stereocenters. The summed E-state index contributed by atoms with van der Waals surface area (Å²) in [6, 6.07) is 0.263. The van der Waals surface area contributed by atoms with Crippen molar-refractivity contribution < 1.29 is 14.7 Å². The molecular formula is C14H24N2O3. The molecule has 108 valence electrons. The number of carbonyl (C=O) groups is 2. The highest BCUT2D eigenvalue weighted by Crippen LogP contribution is 2.37. The summed E-state index contributed by atoms with van der Waals surface area (Å²) in [6.45, 7) is 3.91. The van der Waals surface area contributed by atoms with Crippen LogP contribution in [-0.4, -0.2) is 48.1 Å². The lowest BCUT2D eigenvalue weighted by molar-refractivity contribution is -0.149. The van der Waals surface area contributed by atoms with Crippen molar-refractivity contribution in [1.29, 1.82) is 0 Å². The first kappa shape index (κ1) is 14.3. The molecule has 3 atom stereocenters. The third-order valence-corrected chi connectivity index (χ3v) is 4.64. The Kier molecular flexibility index (Phi) is 4.45. The normalized spacial score (nSPS) is 32.2. The summed E-state index contributed by atoms with van der Waals surface area (Å²) in [7, 11) is 1.83. The Morgan fingerprint density at radius 1 is 1.16 bits per heavy atom. The molecule has 0 aromatic rings. The van der Waals surface area contributed by atoms with E-state index < -0.39 is 11.9 Å². The molecular weight excluding hydrogens is 244 g/mol. The van der Waals surface area contributed by atoms with E-state index in [0.717, 1.165) is 25.9 Å². The van der Waals surface area contributed by atoms with Crippen molar-refractivity contribution in [3.8, 4) is 0 Å². The van der Waals surface area contributed by atoms with Gasteiger partial charge in [-0.2, -0.15) is 0 Å². The second-order valence-corrected chi connectivity index (χ2v) is 6.06. The van der Waals surface area contributed by atoms with Crippen LogP contribution in [0, 0.1) is 17.8 Å². The predicted octanol–water partition coefficient (Wildman–Crippen LogP) is 0.944. The van der Waals surface area contributed by atoms with Gasteiger partial charge in [-0.3, -0.25) is 9.59 Å². The lowest BCUT2D eigenvalue weighted by atomic mass is 9.93. The Balaban J connectivity index is 2.02. The van der Waals surface area contributed by atoms with Gasteiger partial charge in [-0.1, -0.05) is 6.92 Å². The summed E-state index contributed by atoms with van der Waals surface area (Å²) in [4.78, 5) is 25.6.